The summed E-state index contributed by atoms with van der Waals surface area (Å²) in [7, 11) is 1.58. The molecule has 0 aliphatic heterocycles. The molecule has 0 heterocycles. The van der Waals surface area contributed by atoms with Crippen molar-refractivity contribution in [2.45, 2.75) is 86.5 Å². The molecule has 0 aromatic rings. The highest BCUT2D eigenvalue weighted by Gasteiger charge is 2.64. The predicted octanol–water partition coefficient (Wildman–Crippen LogP) is 6.31. The Balaban J connectivity index is 1.68. The fourth-order valence-corrected chi connectivity index (χ4v) is 7.64. The molecule has 3 saturated carbocycles. The molecule has 8 atom stereocenters. The smallest absolute Gasteiger partial charge is 0.311 e. The van der Waals surface area contributed by atoms with Gasteiger partial charge in [-0.3, -0.25) is 4.79 Å². The molecule has 3 aliphatic carbocycles. The Labute approximate surface area is 173 Å². The molecule has 3 heteroatoms. The van der Waals surface area contributed by atoms with Gasteiger partial charge in [0.1, 0.15) is 0 Å². The van der Waals surface area contributed by atoms with Gasteiger partial charge in [0.05, 0.1) is 5.92 Å². The lowest BCUT2D eigenvalue weighted by atomic mass is 9.63. The molecule has 3 fully saturated rings. The number of hydrogen-bond acceptors (Lipinski definition) is 3. The highest BCUT2D eigenvalue weighted by molar-refractivity contribution is 5.73. The van der Waals surface area contributed by atoms with E-state index in [1.54, 1.807) is 7.11 Å². The first-order valence-corrected chi connectivity index (χ1v) is 11.8. The number of methoxy groups -OCH3 is 1. The van der Waals surface area contributed by atoms with Crippen LogP contribution in [0.2, 0.25) is 0 Å². The summed E-state index contributed by atoms with van der Waals surface area (Å²) < 4.78 is 10.3. The molecule has 0 N–H and O–H groups in total. The first kappa shape index (κ1) is 22.1. The Hall–Kier alpha value is -0.570. The third-order valence-electron chi connectivity index (χ3n) is 9.03. The van der Waals surface area contributed by atoms with Crippen molar-refractivity contribution in [1.29, 1.82) is 0 Å². The third-order valence-corrected chi connectivity index (χ3v) is 9.03. The van der Waals surface area contributed by atoms with Crippen molar-refractivity contribution in [1.82, 2.24) is 0 Å². The van der Waals surface area contributed by atoms with Crippen molar-refractivity contribution >= 4 is 5.97 Å². The van der Waals surface area contributed by atoms with Crippen LogP contribution in [0.5, 0.6) is 0 Å². The summed E-state index contributed by atoms with van der Waals surface area (Å²) in [4.78, 5) is 12.6. The van der Waals surface area contributed by atoms with Gasteiger partial charge in [0.15, 0.2) is 6.79 Å². The van der Waals surface area contributed by atoms with Gasteiger partial charge in [0.2, 0.25) is 0 Å². The van der Waals surface area contributed by atoms with Crippen LogP contribution >= 0.6 is 0 Å². The molecule has 2 bridgehead atoms. The van der Waals surface area contributed by atoms with E-state index in [0.717, 1.165) is 30.1 Å². The molecular formula is C25H44O3. The Kier molecular flexibility index (Phi) is 6.54. The van der Waals surface area contributed by atoms with E-state index in [1.807, 2.05) is 0 Å². The van der Waals surface area contributed by atoms with Gasteiger partial charge >= 0.3 is 5.97 Å². The average molecular weight is 393 g/mol. The number of fused-ring (bicyclic) bond motifs is 5. The Bertz CT molecular complexity index is 556. The zero-order valence-electron chi connectivity index (χ0n) is 19.4. The molecule has 162 valence electrons. The van der Waals surface area contributed by atoms with Crippen LogP contribution in [0.3, 0.4) is 0 Å². The average Bonchev–Trinajstić information content (AvgIpc) is 3.29. The van der Waals surface area contributed by atoms with Gasteiger partial charge in [0.25, 0.3) is 0 Å². The molecule has 0 radical (unpaired) electrons. The maximum Gasteiger partial charge on any atom is 0.311 e. The summed E-state index contributed by atoms with van der Waals surface area (Å²) in [6, 6.07) is 0. The molecule has 0 aromatic carbocycles. The van der Waals surface area contributed by atoms with Crippen LogP contribution in [0.25, 0.3) is 0 Å². The fraction of sp³-hybridized carbons (Fsp3) is 0.960. The molecular weight excluding hydrogens is 348 g/mol. The van der Waals surface area contributed by atoms with E-state index in [1.165, 1.54) is 38.5 Å². The van der Waals surface area contributed by atoms with Gasteiger partial charge in [-0.25, -0.2) is 0 Å². The molecule has 0 spiro atoms. The molecule has 0 amide bonds. The highest BCUT2D eigenvalue weighted by Crippen LogP contribution is 2.69. The third kappa shape index (κ3) is 4.16. The lowest BCUT2D eigenvalue weighted by Crippen LogP contribution is -2.38. The van der Waals surface area contributed by atoms with Gasteiger partial charge in [-0.1, -0.05) is 54.4 Å². The van der Waals surface area contributed by atoms with Gasteiger partial charge in [-0.15, -0.1) is 0 Å². The molecule has 8 unspecified atom stereocenters. The van der Waals surface area contributed by atoms with E-state index >= 15 is 0 Å². The maximum atomic E-state index is 12.6. The second-order valence-electron chi connectivity index (χ2n) is 11.7. The van der Waals surface area contributed by atoms with E-state index in [9.17, 15) is 4.79 Å². The zero-order valence-corrected chi connectivity index (χ0v) is 19.4. The summed E-state index contributed by atoms with van der Waals surface area (Å²) >= 11 is 0. The molecule has 3 nitrogen and oxygen atoms in total. The number of hydrogen-bond donors (Lipinski definition) is 0. The number of carbonyl (C=O) groups is 1. The molecule has 0 saturated heterocycles. The summed E-state index contributed by atoms with van der Waals surface area (Å²) in [6.45, 7) is 14.7. The lowest BCUT2D eigenvalue weighted by molar-refractivity contribution is -0.162. The first-order chi connectivity index (χ1) is 13.1. The van der Waals surface area contributed by atoms with E-state index in [-0.39, 0.29) is 18.7 Å². The maximum absolute atomic E-state index is 12.6. The first-order valence-electron chi connectivity index (χ1n) is 11.8. The largest absolute Gasteiger partial charge is 0.438 e. The van der Waals surface area contributed by atoms with Crippen LogP contribution in [0.15, 0.2) is 0 Å². The fourth-order valence-electron chi connectivity index (χ4n) is 7.64. The summed E-state index contributed by atoms with van der Waals surface area (Å²) in [5, 5.41) is 0. The van der Waals surface area contributed by atoms with E-state index < -0.39 is 0 Å². The van der Waals surface area contributed by atoms with Crippen molar-refractivity contribution in [2.75, 3.05) is 13.9 Å². The van der Waals surface area contributed by atoms with Crippen molar-refractivity contribution < 1.29 is 14.3 Å². The molecule has 28 heavy (non-hydrogen) atoms. The monoisotopic (exact) mass is 392 g/mol. The van der Waals surface area contributed by atoms with E-state index in [4.69, 9.17) is 9.47 Å². The number of ether oxygens (including phenoxy) is 2. The SMILES string of the molecule is CCC(C)(C)CCC(C)CC1(C)CC(C)C2C3CC(C(=O)OCOC)C(C3)C21. The van der Waals surface area contributed by atoms with Gasteiger partial charge in [-0.2, -0.15) is 0 Å². The summed E-state index contributed by atoms with van der Waals surface area (Å²) in [5.41, 5.74) is 0.850. The van der Waals surface area contributed by atoms with E-state index in [2.05, 4.69) is 41.5 Å². The molecule has 0 aromatic heterocycles. The Morgan fingerprint density at radius 1 is 1.29 bits per heavy atom. The summed E-state index contributed by atoms with van der Waals surface area (Å²) in [6.07, 6.45) is 8.87. The minimum atomic E-state index is -0.00699. The van der Waals surface area contributed by atoms with Crippen molar-refractivity contribution in [3.63, 3.8) is 0 Å². The predicted molar refractivity (Wildman–Crippen MR) is 114 cm³/mol. The van der Waals surface area contributed by atoms with Gasteiger partial charge in [-0.05, 0) is 78.4 Å². The van der Waals surface area contributed by atoms with Crippen molar-refractivity contribution in [3.8, 4) is 0 Å². The standard InChI is InChI=1S/C25H44O3/c1-8-24(4,5)10-9-16(2)13-25(6)14-17(3)21-18-11-19(22(21)25)20(12-18)23(26)28-15-27-7/h16-22H,8-15H2,1-7H3. The highest BCUT2D eigenvalue weighted by atomic mass is 16.7. The number of esters is 1. The Morgan fingerprint density at radius 2 is 2.00 bits per heavy atom. The van der Waals surface area contributed by atoms with Crippen LogP contribution in [0.1, 0.15) is 86.5 Å². The number of rotatable bonds is 9. The minimum absolute atomic E-state index is 0.00699. The minimum Gasteiger partial charge on any atom is -0.438 e. The van der Waals surface area contributed by atoms with Crippen LogP contribution < -0.4 is 0 Å². The molecule has 3 aliphatic rings. The number of carbonyl (C=O) groups excluding carboxylic acids is 1. The quantitative estimate of drug-likeness (QED) is 0.341. The second kappa shape index (κ2) is 8.28. The Morgan fingerprint density at radius 3 is 2.64 bits per heavy atom. The van der Waals surface area contributed by atoms with Crippen LogP contribution in [-0.4, -0.2) is 19.9 Å². The lowest BCUT2D eigenvalue weighted by Gasteiger charge is -2.41. The van der Waals surface area contributed by atoms with Gasteiger partial charge in [0, 0.05) is 7.11 Å². The van der Waals surface area contributed by atoms with Gasteiger partial charge < -0.3 is 9.47 Å². The zero-order chi connectivity index (χ0) is 20.7. The van der Waals surface area contributed by atoms with Crippen molar-refractivity contribution in [2.24, 2.45) is 52.3 Å². The second-order valence-corrected chi connectivity index (χ2v) is 11.7. The molecule has 3 rings (SSSR count). The summed E-state index contributed by atoms with van der Waals surface area (Å²) in [5.74, 6) is 4.49. The normalized spacial score (nSPS) is 40.5. The van der Waals surface area contributed by atoms with Crippen LogP contribution in [-0.2, 0) is 14.3 Å². The van der Waals surface area contributed by atoms with E-state index in [0.29, 0.717) is 22.7 Å². The van der Waals surface area contributed by atoms with Crippen LogP contribution in [0, 0.1) is 52.3 Å². The van der Waals surface area contributed by atoms with Crippen molar-refractivity contribution in [3.05, 3.63) is 0 Å². The topological polar surface area (TPSA) is 35.5 Å². The van der Waals surface area contributed by atoms with Crippen LogP contribution in [0.4, 0.5) is 0 Å².